The second-order valence-electron chi connectivity index (χ2n) is 5.81. The van der Waals surface area contributed by atoms with E-state index in [-0.39, 0.29) is 12.1 Å². The molecule has 0 spiro atoms. The molecule has 108 valence electrons. The number of unbranched alkanes of at least 4 members (excludes halogenated alkanes) is 6. The first-order valence-corrected chi connectivity index (χ1v) is 7.75. The minimum atomic E-state index is -0.0413. The molecular weight excluding hydrogens is 224 g/mol. The minimum Gasteiger partial charge on any atom is -0.463 e. The van der Waals surface area contributed by atoms with E-state index >= 15 is 0 Å². The van der Waals surface area contributed by atoms with Gasteiger partial charge in [-0.25, -0.2) is 0 Å². The van der Waals surface area contributed by atoms with Crippen molar-refractivity contribution < 1.29 is 9.53 Å². The van der Waals surface area contributed by atoms with E-state index in [2.05, 4.69) is 6.92 Å². The van der Waals surface area contributed by atoms with E-state index in [0.717, 1.165) is 6.42 Å². The monoisotopic (exact) mass is 256 g/mol. The Labute approximate surface area is 113 Å². The fourth-order valence-corrected chi connectivity index (χ4v) is 2.05. The third-order valence-electron chi connectivity index (χ3n) is 3.12. The van der Waals surface area contributed by atoms with E-state index in [0.29, 0.717) is 12.3 Å². The minimum absolute atomic E-state index is 0.0413. The molecule has 0 fully saturated rings. The van der Waals surface area contributed by atoms with Crippen molar-refractivity contribution in [1.29, 1.82) is 0 Å². The average molecular weight is 256 g/mol. The molecule has 0 bridgehead atoms. The number of esters is 1. The Hall–Kier alpha value is -0.530. The zero-order valence-electron chi connectivity index (χ0n) is 12.8. The molecule has 0 saturated heterocycles. The van der Waals surface area contributed by atoms with Crippen molar-refractivity contribution in [2.24, 2.45) is 5.92 Å². The van der Waals surface area contributed by atoms with Crippen molar-refractivity contribution >= 4 is 5.97 Å². The first-order valence-electron chi connectivity index (χ1n) is 7.75. The van der Waals surface area contributed by atoms with Crippen LogP contribution in [0.25, 0.3) is 0 Å². The van der Waals surface area contributed by atoms with E-state index in [1.807, 2.05) is 20.8 Å². The lowest BCUT2D eigenvalue weighted by atomic mass is 10.1. The van der Waals surface area contributed by atoms with Gasteiger partial charge in [0.05, 0.1) is 6.10 Å². The summed E-state index contributed by atoms with van der Waals surface area (Å²) in [6, 6.07) is 0. The van der Waals surface area contributed by atoms with Crippen LogP contribution in [0.3, 0.4) is 0 Å². The summed E-state index contributed by atoms with van der Waals surface area (Å²) >= 11 is 0. The highest BCUT2D eigenvalue weighted by Gasteiger charge is 2.10. The fraction of sp³-hybridized carbons (Fsp3) is 0.938. The van der Waals surface area contributed by atoms with Crippen molar-refractivity contribution in [3.05, 3.63) is 0 Å². The maximum Gasteiger partial charge on any atom is 0.306 e. The molecule has 0 heterocycles. The van der Waals surface area contributed by atoms with Gasteiger partial charge >= 0.3 is 5.97 Å². The van der Waals surface area contributed by atoms with Gasteiger partial charge in [0.15, 0.2) is 0 Å². The highest BCUT2D eigenvalue weighted by Crippen LogP contribution is 2.12. The molecule has 0 N–H and O–H groups in total. The lowest BCUT2D eigenvalue weighted by Crippen LogP contribution is -2.16. The van der Waals surface area contributed by atoms with Gasteiger partial charge in [0.2, 0.25) is 0 Å². The molecule has 0 aromatic heterocycles. The van der Waals surface area contributed by atoms with Crippen molar-refractivity contribution in [3.63, 3.8) is 0 Å². The summed E-state index contributed by atoms with van der Waals surface area (Å²) < 4.78 is 5.37. The molecule has 0 saturated carbocycles. The molecule has 0 aliphatic rings. The Morgan fingerprint density at radius 3 is 2.06 bits per heavy atom. The maximum atomic E-state index is 11.4. The number of rotatable bonds is 11. The van der Waals surface area contributed by atoms with Gasteiger partial charge in [-0.1, -0.05) is 59.3 Å². The Morgan fingerprint density at radius 2 is 1.50 bits per heavy atom. The molecule has 0 aromatic rings. The molecular formula is C16H32O2. The van der Waals surface area contributed by atoms with Crippen LogP contribution < -0.4 is 0 Å². The van der Waals surface area contributed by atoms with Gasteiger partial charge in [-0.15, -0.1) is 0 Å². The van der Waals surface area contributed by atoms with E-state index in [1.165, 1.54) is 44.9 Å². The summed E-state index contributed by atoms with van der Waals surface area (Å²) in [5.74, 6) is 0.351. The number of hydrogen-bond acceptors (Lipinski definition) is 2. The molecule has 0 amide bonds. The summed E-state index contributed by atoms with van der Waals surface area (Å²) in [6.45, 7) is 8.34. The summed E-state index contributed by atoms with van der Waals surface area (Å²) in [5, 5.41) is 0. The molecule has 0 aliphatic carbocycles. The molecule has 1 unspecified atom stereocenters. The van der Waals surface area contributed by atoms with Gasteiger partial charge < -0.3 is 4.74 Å². The maximum absolute atomic E-state index is 11.4. The van der Waals surface area contributed by atoms with E-state index in [1.54, 1.807) is 0 Å². The Morgan fingerprint density at radius 1 is 0.944 bits per heavy atom. The number of carbonyl (C=O) groups excluding carboxylic acids is 1. The largest absolute Gasteiger partial charge is 0.463 e. The Bertz CT molecular complexity index is 199. The third kappa shape index (κ3) is 11.9. The highest BCUT2D eigenvalue weighted by atomic mass is 16.5. The molecule has 0 aliphatic heterocycles. The van der Waals surface area contributed by atoms with Crippen LogP contribution in [-0.4, -0.2) is 12.1 Å². The smallest absolute Gasteiger partial charge is 0.306 e. The Balaban J connectivity index is 3.36. The fourth-order valence-electron chi connectivity index (χ4n) is 2.05. The van der Waals surface area contributed by atoms with Crippen LogP contribution in [-0.2, 0) is 9.53 Å². The lowest BCUT2D eigenvalue weighted by molar-refractivity contribution is -0.149. The van der Waals surface area contributed by atoms with Gasteiger partial charge in [-0.3, -0.25) is 4.79 Å². The number of hydrogen-bond donors (Lipinski definition) is 0. The zero-order valence-corrected chi connectivity index (χ0v) is 12.8. The third-order valence-corrected chi connectivity index (χ3v) is 3.12. The first-order chi connectivity index (χ1) is 8.56. The highest BCUT2D eigenvalue weighted by molar-refractivity contribution is 5.69. The topological polar surface area (TPSA) is 26.3 Å². The molecule has 1 atom stereocenters. The molecule has 18 heavy (non-hydrogen) atoms. The predicted octanol–water partition coefficient (Wildman–Crippen LogP) is 5.10. The van der Waals surface area contributed by atoms with Gasteiger partial charge in [0.25, 0.3) is 0 Å². The van der Waals surface area contributed by atoms with Crippen molar-refractivity contribution in [3.8, 4) is 0 Å². The summed E-state index contributed by atoms with van der Waals surface area (Å²) in [4.78, 5) is 11.4. The van der Waals surface area contributed by atoms with E-state index in [9.17, 15) is 4.79 Å². The van der Waals surface area contributed by atoms with Crippen molar-refractivity contribution in [2.75, 3.05) is 0 Å². The van der Waals surface area contributed by atoms with Gasteiger partial charge in [-0.05, 0) is 25.7 Å². The van der Waals surface area contributed by atoms with Crippen LogP contribution in [0.1, 0.15) is 85.5 Å². The van der Waals surface area contributed by atoms with Crippen LogP contribution in [0.5, 0.6) is 0 Å². The van der Waals surface area contributed by atoms with Gasteiger partial charge in [-0.2, -0.15) is 0 Å². The van der Waals surface area contributed by atoms with E-state index in [4.69, 9.17) is 4.74 Å². The second kappa shape index (κ2) is 11.6. The number of carbonyl (C=O) groups is 1. The Kier molecular flexibility index (Phi) is 11.2. The summed E-state index contributed by atoms with van der Waals surface area (Å²) in [6.07, 6.45) is 10.8. The van der Waals surface area contributed by atoms with Crippen LogP contribution in [0, 0.1) is 5.92 Å². The number of ether oxygens (including phenoxy) is 1. The summed E-state index contributed by atoms with van der Waals surface area (Å²) in [5.41, 5.74) is 0. The quantitative estimate of drug-likeness (QED) is 0.379. The molecule has 2 heteroatoms. The molecule has 0 aromatic carbocycles. The van der Waals surface area contributed by atoms with Gasteiger partial charge in [0, 0.05) is 6.42 Å². The van der Waals surface area contributed by atoms with Crippen LogP contribution in [0.2, 0.25) is 0 Å². The van der Waals surface area contributed by atoms with E-state index < -0.39 is 0 Å². The average Bonchev–Trinajstić information content (AvgIpc) is 2.26. The first kappa shape index (κ1) is 17.5. The second-order valence-corrected chi connectivity index (χ2v) is 5.81. The van der Waals surface area contributed by atoms with Crippen LogP contribution >= 0.6 is 0 Å². The van der Waals surface area contributed by atoms with Gasteiger partial charge in [0.1, 0.15) is 0 Å². The molecule has 0 radical (unpaired) electrons. The van der Waals surface area contributed by atoms with Crippen LogP contribution in [0.15, 0.2) is 0 Å². The lowest BCUT2D eigenvalue weighted by Gasteiger charge is -2.14. The SMILES string of the molecule is CCCCCCCCCC(C)OC(=O)CC(C)C. The molecule has 2 nitrogen and oxygen atoms in total. The zero-order chi connectivity index (χ0) is 13.8. The van der Waals surface area contributed by atoms with Crippen molar-refractivity contribution in [2.45, 2.75) is 91.6 Å². The standard InChI is InChI=1S/C16H32O2/c1-5-6-7-8-9-10-11-12-15(4)18-16(17)13-14(2)3/h14-15H,5-13H2,1-4H3. The summed E-state index contributed by atoms with van der Waals surface area (Å²) in [7, 11) is 0. The van der Waals surface area contributed by atoms with Crippen molar-refractivity contribution in [1.82, 2.24) is 0 Å². The predicted molar refractivity (Wildman–Crippen MR) is 77.6 cm³/mol. The molecule has 0 rings (SSSR count). The normalized spacial score (nSPS) is 12.7. The van der Waals surface area contributed by atoms with Crippen LogP contribution in [0.4, 0.5) is 0 Å².